The van der Waals surface area contributed by atoms with Gasteiger partial charge < -0.3 is 14.5 Å². The second-order valence-corrected chi connectivity index (χ2v) is 7.58. The van der Waals surface area contributed by atoms with Crippen LogP contribution in [-0.4, -0.2) is 17.5 Å². The Labute approximate surface area is 175 Å². The summed E-state index contributed by atoms with van der Waals surface area (Å²) in [6, 6.07) is 17.5. The highest BCUT2D eigenvalue weighted by molar-refractivity contribution is 5.93. The Bertz CT molecular complexity index is 1240. The molecule has 0 saturated heterocycles. The number of hydrogen-bond donors (Lipinski definition) is 1. The fourth-order valence-electron chi connectivity index (χ4n) is 3.44. The molecule has 0 aliphatic rings. The van der Waals surface area contributed by atoms with Crippen LogP contribution in [0.5, 0.6) is 5.75 Å². The number of fused-ring (bicyclic) bond motifs is 1. The van der Waals surface area contributed by atoms with E-state index in [1.807, 2.05) is 76.2 Å². The second kappa shape index (κ2) is 8.03. The van der Waals surface area contributed by atoms with Crippen LogP contribution in [0.3, 0.4) is 0 Å². The molecule has 4 rings (SSSR count). The average molecular weight is 400 g/mol. The Morgan fingerprint density at radius 2 is 1.77 bits per heavy atom. The van der Waals surface area contributed by atoms with Crippen molar-refractivity contribution < 1.29 is 13.9 Å². The number of ether oxygens (including phenoxy) is 1. The van der Waals surface area contributed by atoms with Crippen molar-refractivity contribution in [1.82, 2.24) is 4.98 Å². The molecule has 1 aromatic heterocycles. The van der Waals surface area contributed by atoms with Gasteiger partial charge in [-0.1, -0.05) is 30.3 Å². The molecular formula is C25H24N2O3. The molecule has 0 saturated carbocycles. The Morgan fingerprint density at radius 1 is 0.967 bits per heavy atom. The standard InChI is InChI=1S/C25H24N2O3/c1-15-11-18(4)24-21(12-15)27-25(30-24)19-10-9-16(2)20(13-19)26-23(28)14-29-22-8-6-5-7-17(22)3/h5-13H,14H2,1-4H3,(H,26,28). The van der Waals surface area contributed by atoms with Crippen molar-refractivity contribution >= 4 is 22.7 Å². The summed E-state index contributed by atoms with van der Waals surface area (Å²) in [5.41, 5.74) is 7.28. The van der Waals surface area contributed by atoms with Crippen LogP contribution in [0.1, 0.15) is 22.3 Å². The number of benzene rings is 3. The zero-order valence-electron chi connectivity index (χ0n) is 17.6. The van der Waals surface area contributed by atoms with Crippen molar-refractivity contribution in [3.8, 4) is 17.2 Å². The molecule has 30 heavy (non-hydrogen) atoms. The van der Waals surface area contributed by atoms with Gasteiger partial charge in [0, 0.05) is 11.3 Å². The van der Waals surface area contributed by atoms with Crippen LogP contribution in [0.4, 0.5) is 5.69 Å². The lowest BCUT2D eigenvalue weighted by Crippen LogP contribution is -2.20. The summed E-state index contributed by atoms with van der Waals surface area (Å²) in [5.74, 6) is 1.02. The number of nitrogens with one attached hydrogen (secondary N) is 1. The molecular weight excluding hydrogens is 376 g/mol. The Hall–Kier alpha value is -3.60. The molecule has 0 atom stereocenters. The molecule has 1 amide bonds. The zero-order valence-corrected chi connectivity index (χ0v) is 17.6. The van der Waals surface area contributed by atoms with Gasteiger partial charge in [0.1, 0.15) is 11.3 Å². The fraction of sp³-hybridized carbons (Fsp3) is 0.200. The largest absolute Gasteiger partial charge is 0.483 e. The molecule has 0 fully saturated rings. The monoisotopic (exact) mass is 400 g/mol. The third-order valence-corrected chi connectivity index (χ3v) is 5.03. The van der Waals surface area contributed by atoms with Crippen LogP contribution >= 0.6 is 0 Å². The fourth-order valence-corrected chi connectivity index (χ4v) is 3.44. The van der Waals surface area contributed by atoms with Crippen molar-refractivity contribution in [3.05, 3.63) is 76.9 Å². The molecule has 0 spiro atoms. The van der Waals surface area contributed by atoms with Crippen LogP contribution in [0.15, 0.2) is 59.0 Å². The number of nitrogens with zero attached hydrogens (tertiary/aromatic N) is 1. The molecule has 1 N–H and O–H groups in total. The number of aryl methyl sites for hydroxylation is 4. The number of rotatable bonds is 5. The van der Waals surface area contributed by atoms with E-state index in [-0.39, 0.29) is 12.5 Å². The Morgan fingerprint density at radius 3 is 2.57 bits per heavy atom. The molecule has 0 bridgehead atoms. The van der Waals surface area contributed by atoms with Crippen LogP contribution in [0.2, 0.25) is 0 Å². The number of hydrogen-bond acceptors (Lipinski definition) is 4. The van der Waals surface area contributed by atoms with Gasteiger partial charge >= 0.3 is 0 Å². The van der Waals surface area contributed by atoms with E-state index >= 15 is 0 Å². The summed E-state index contributed by atoms with van der Waals surface area (Å²) < 4.78 is 11.7. The predicted molar refractivity (Wildman–Crippen MR) is 119 cm³/mol. The molecule has 5 heteroatoms. The zero-order chi connectivity index (χ0) is 21.3. The Balaban J connectivity index is 1.54. The molecule has 1 heterocycles. The summed E-state index contributed by atoms with van der Waals surface area (Å²) >= 11 is 0. The normalized spacial score (nSPS) is 10.9. The molecule has 0 radical (unpaired) electrons. The molecule has 0 aliphatic heterocycles. The van der Waals surface area contributed by atoms with Gasteiger partial charge in [0.2, 0.25) is 5.89 Å². The molecule has 4 aromatic rings. The van der Waals surface area contributed by atoms with Gasteiger partial charge in [-0.3, -0.25) is 4.79 Å². The minimum Gasteiger partial charge on any atom is -0.483 e. The van der Waals surface area contributed by atoms with Crippen LogP contribution in [0, 0.1) is 27.7 Å². The minimum atomic E-state index is -0.220. The van der Waals surface area contributed by atoms with Gasteiger partial charge in [0.05, 0.1) is 0 Å². The van der Waals surface area contributed by atoms with E-state index < -0.39 is 0 Å². The lowest BCUT2D eigenvalue weighted by molar-refractivity contribution is -0.118. The van der Waals surface area contributed by atoms with E-state index in [1.165, 1.54) is 0 Å². The summed E-state index contributed by atoms with van der Waals surface area (Å²) in [5, 5.41) is 2.93. The van der Waals surface area contributed by atoms with Crippen molar-refractivity contribution in [2.45, 2.75) is 27.7 Å². The van der Waals surface area contributed by atoms with E-state index in [1.54, 1.807) is 0 Å². The maximum atomic E-state index is 12.4. The van der Waals surface area contributed by atoms with Gasteiger partial charge in [-0.2, -0.15) is 0 Å². The topological polar surface area (TPSA) is 64.4 Å². The number of aromatic nitrogens is 1. The first-order valence-electron chi connectivity index (χ1n) is 9.88. The van der Waals surface area contributed by atoms with Gasteiger partial charge in [-0.25, -0.2) is 4.98 Å². The van der Waals surface area contributed by atoms with Crippen molar-refractivity contribution in [3.63, 3.8) is 0 Å². The van der Waals surface area contributed by atoms with E-state index in [4.69, 9.17) is 9.15 Å². The van der Waals surface area contributed by atoms with Gasteiger partial charge in [0.25, 0.3) is 5.91 Å². The van der Waals surface area contributed by atoms with E-state index in [0.717, 1.165) is 38.9 Å². The van der Waals surface area contributed by atoms with E-state index in [0.29, 0.717) is 17.3 Å². The summed E-state index contributed by atoms with van der Waals surface area (Å²) in [7, 11) is 0. The van der Waals surface area contributed by atoms with E-state index in [2.05, 4.69) is 16.4 Å². The average Bonchev–Trinajstić information content (AvgIpc) is 3.13. The van der Waals surface area contributed by atoms with E-state index in [9.17, 15) is 4.79 Å². The number of para-hydroxylation sites is 1. The molecule has 0 unspecified atom stereocenters. The van der Waals surface area contributed by atoms with Crippen LogP contribution in [0.25, 0.3) is 22.6 Å². The lowest BCUT2D eigenvalue weighted by Gasteiger charge is -2.11. The highest BCUT2D eigenvalue weighted by atomic mass is 16.5. The predicted octanol–water partition coefficient (Wildman–Crippen LogP) is 5.75. The summed E-state index contributed by atoms with van der Waals surface area (Å²) in [4.78, 5) is 17.1. The van der Waals surface area contributed by atoms with Crippen LogP contribution < -0.4 is 10.1 Å². The highest BCUT2D eigenvalue weighted by Crippen LogP contribution is 2.30. The minimum absolute atomic E-state index is 0.0596. The van der Waals surface area contributed by atoms with Gasteiger partial charge in [-0.15, -0.1) is 0 Å². The highest BCUT2D eigenvalue weighted by Gasteiger charge is 2.13. The molecule has 5 nitrogen and oxygen atoms in total. The number of anilines is 1. The lowest BCUT2D eigenvalue weighted by atomic mass is 10.1. The van der Waals surface area contributed by atoms with Gasteiger partial charge in [-0.05, 0) is 74.2 Å². The maximum Gasteiger partial charge on any atom is 0.262 e. The summed E-state index contributed by atoms with van der Waals surface area (Å²) in [6.45, 7) is 7.89. The Kier molecular flexibility index (Phi) is 5.27. The van der Waals surface area contributed by atoms with Gasteiger partial charge in [0.15, 0.2) is 12.2 Å². The number of carbonyl (C=O) groups is 1. The number of oxazole rings is 1. The van der Waals surface area contributed by atoms with Crippen molar-refractivity contribution in [2.24, 2.45) is 0 Å². The quantitative estimate of drug-likeness (QED) is 0.463. The first-order valence-corrected chi connectivity index (χ1v) is 9.88. The van der Waals surface area contributed by atoms with Crippen molar-refractivity contribution in [1.29, 1.82) is 0 Å². The van der Waals surface area contributed by atoms with Crippen LogP contribution in [-0.2, 0) is 4.79 Å². The number of amides is 1. The third kappa shape index (κ3) is 4.06. The SMILES string of the molecule is Cc1cc(C)c2oc(-c3ccc(C)c(NC(=O)COc4ccccc4C)c3)nc2c1. The smallest absolute Gasteiger partial charge is 0.262 e. The molecule has 3 aromatic carbocycles. The maximum absolute atomic E-state index is 12.4. The number of carbonyl (C=O) groups excluding carboxylic acids is 1. The molecule has 0 aliphatic carbocycles. The van der Waals surface area contributed by atoms with Crippen molar-refractivity contribution in [2.75, 3.05) is 11.9 Å². The second-order valence-electron chi connectivity index (χ2n) is 7.58. The third-order valence-electron chi connectivity index (χ3n) is 5.03. The molecule has 152 valence electrons. The first kappa shape index (κ1) is 19.7. The summed E-state index contributed by atoms with van der Waals surface area (Å²) in [6.07, 6.45) is 0. The first-order chi connectivity index (χ1) is 14.4.